The van der Waals surface area contributed by atoms with E-state index in [0.717, 1.165) is 4.47 Å². The van der Waals surface area contributed by atoms with Crippen molar-refractivity contribution >= 4 is 33.4 Å². The van der Waals surface area contributed by atoms with E-state index in [9.17, 15) is 15.2 Å². The Labute approximate surface area is 128 Å². The zero-order valence-corrected chi connectivity index (χ0v) is 12.9. The first-order chi connectivity index (χ1) is 9.47. The van der Waals surface area contributed by atoms with Gasteiger partial charge >= 0.3 is 0 Å². The molecular weight excluding hydrogens is 344 g/mol. The van der Waals surface area contributed by atoms with Gasteiger partial charge in [-0.05, 0) is 46.6 Å². The molecule has 1 heterocycles. The summed E-state index contributed by atoms with van der Waals surface area (Å²) in [6, 6.07) is 8.31. The lowest BCUT2D eigenvalue weighted by Crippen LogP contribution is -1.96. The quantitative estimate of drug-likeness (QED) is 0.664. The van der Waals surface area contributed by atoms with Gasteiger partial charge in [-0.1, -0.05) is 17.8 Å². The Hall–Kier alpha value is -1.44. The summed E-state index contributed by atoms with van der Waals surface area (Å²) >= 11 is 4.50. The zero-order chi connectivity index (χ0) is 14.7. The maximum atomic E-state index is 11.1. The van der Waals surface area contributed by atoms with Crippen molar-refractivity contribution in [3.63, 3.8) is 0 Å². The molecular formula is C13H11BrN2O3S. The number of benzene rings is 1. The van der Waals surface area contributed by atoms with Crippen LogP contribution in [-0.4, -0.2) is 15.0 Å². The molecule has 104 valence electrons. The molecule has 0 spiro atoms. The first-order valence-corrected chi connectivity index (χ1v) is 7.34. The molecule has 2 rings (SSSR count). The minimum absolute atomic E-state index is 0.0295. The second kappa shape index (κ2) is 6.34. The molecule has 1 N–H and O–H groups in total. The Bertz CT molecular complexity index is 632. The van der Waals surface area contributed by atoms with E-state index in [2.05, 4.69) is 20.9 Å². The highest BCUT2D eigenvalue weighted by Crippen LogP contribution is 2.35. The smallest absolute Gasteiger partial charge is 0.283 e. The third kappa shape index (κ3) is 3.56. The normalized spacial score (nSPS) is 12.2. The third-order valence-corrected chi connectivity index (χ3v) is 4.06. The molecule has 0 amide bonds. The van der Waals surface area contributed by atoms with E-state index in [-0.39, 0.29) is 5.69 Å². The number of hydrogen-bond acceptors (Lipinski definition) is 5. The number of aliphatic hydroxyl groups excluding tert-OH is 1. The van der Waals surface area contributed by atoms with Gasteiger partial charge in [0.1, 0.15) is 5.03 Å². The monoisotopic (exact) mass is 354 g/mol. The Morgan fingerprint density at radius 3 is 2.70 bits per heavy atom. The molecule has 0 radical (unpaired) electrons. The summed E-state index contributed by atoms with van der Waals surface area (Å²) in [5.41, 5.74) is 0.489. The van der Waals surface area contributed by atoms with Crippen molar-refractivity contribution in [2.45, 2.75) is 22.9 Å². The molecule has 0 aliphatic carbocycles. The van der Waals surface area contributed by atoms with Crippen molar-refractivity contribution in [2.24, 2.45) is 0 Å². The fraction of sp³-hybridized carbons (Fsp3) is 0.154. The van der Waals surface area contributed by atoms with Gasteiger partial charge in [0.05, 0.1) is 15.9 Å². The molecule has 2 aromatic rings. The van der Waals surface area contributed by atoms with Crippen LogP contribution in [0.25, 0.3) is 0 Å². The lowest BCUT2D eigenvalue weighted by Gasteiger charge is -2.07. The lowest BCUT2D eigenvalue weighted by molar-refractivity contribution is -0.387. The van der Waals surface area contributed by atoms with E-state index >= 15 is 0 Å². The maximum Gasteiger partial charge on any atom is 0.283 e. The number of halogens is 1. The summed E-state index contributed by atoms with van der Waals surface area (Å²) in [5, 5.41) is 21.3. The minimum Gasteiger partial charge on any atom is -0.389 e. The van der Waals surface area contributed by atoms with Crippen LogP contribution in [0.2, 0.25) is 0 Å². The van der Waals surface area contributed by atoms with E-state index in [4.69, 9.17) is 0 Å². The Balaban J connectivity index is 2.35. The maximum absolute atomic E-state index is 11.1. The molecule has 0 bridgehead atoms. The van der Waals surface area contributed by atoms with Crippen LogP contribution in [0.15, 0.2) is 50.9 Å². The van der Waals surface area contributed by atoms with Crippen LogP contribution in [0.3, 0.4) is 0 Å². The molecule has 1 aromatic heterocycles. The van der Waals surface area contributed by atoms with Crippen LogP contribution in [-0.2, 0) is 0 Å². The van der Waals surface area contributed by atoms with E-state index < -0.39 is 11.0 Å². The summed E-state index contributed by atoms with van der Waals surface area (Å²) in [6.07, 6.45) is 0.900. The molecule has 0 aliphatic heterocycles. The largest absolute Gasteiger partial charge is 0.389 e. The standard InChI is InChI=1S/C13H11BrN2O3S/c1-8(17)9-2-4-12(11(6-9)16(18)19)20-13-5-3-10(14)7-15-13/h2-8,17H,1H3/t8-/m0/s1. The summed E-state index contributed by atoms with van der Waals surface area (Å²) in [4.78, 5) is 15.3. The zero-order valence-electron chi connectivity index (χ0n) is 10.5. The average Bonchev–Trinajstić information content (AvgIpc) is 2.41. The highest BCUT2D eigenvalue weighted by atomic mass is 79.9. The summed E-state index contributed by atoms with van der Waals surface area (Å²) < 4.78 is 0.848. The van der Waals surface area contributed by atoms with E-state index in [1.54, 1.807) is 31.3 Å². The van der Waals surface area contributed by atoms with Crippen LogP contribution in [0, 0.1) is 10.1 Å². The predicted molar refractivity (Wildman–Crippen MR) is 79.8 cm³/mol. The molecule has 5 nitrogen and oxygen atoms in total. The molecule has 20 heavy (non-hydrogen) atoms. The topological polar surface area (TPSA) is 76.3 Å². The molecule has 0 aliphatic rings. The summed E-state index contributed by atoms with van der Waals surface area (Å²) in [7, 11) is 0. The fourth-order valence-corrected chi connectivity index (χ4v) is 2.63. The Kier molecular flexibility index (Phi) is 4.74. The van der Waals surface area contributed by atoms with Gasteiger partial charge < -0.3 is 5.11 Å². The minimum atomic E-state index is -0.737. The highest BCUT2D eigenvalue weighted by molar-refractivity contribution is 9.10. The number of rotatable bonds is 4. The number of aromatic nitrogens is 1. The SMILES string of the molecule is C[C@H](O)c1ccc(Sc2ccc(Br)cn2)c([N+](=O)[O-])c1. The van der Waals surface area contributed by atoms with Gasteiger partial charge in [-0.15, -0.1) is 0 Å². The van der Waals surface area contributed by atoms with Gasteiger partial charge in [-0.25, -0.2) is 4.98 Å². The number of hydrogen-bond donors (Lipinski definition) is 1. The molecule has 0 saturated heterocycles. The highest BCUT2D eigenvalue weighted by Gasteiger charge is 2.17. The van der Waals surface area contributed by atoms with Crippen molar-refractivity contribution in [3.8, 4) is 0 Å². The second-order valence-corrected chi connectivity index (χ2v) is 6.05. The molecule has 1 aromatic carbocycles. The van der Waals surface area contributed by atoms with Crippen LogP contribution < -0.4 is 0 Å². The second-order valence-electron chi connectivity index (χ2n) is 4.08. The Morgan fingerprint density at radius 1 is 1.40 bits per heavy atom. The third-order valence-electron chi connectivity index (χ3n) is 2.58. The van der Waals surface area contributed by atoms with Gasteiger partial charge in [0.15, 0.2) is 0 Å². The predicted octanol–water partition coefficient (Wildman–Crippen LogP) is 3.96. The van der Waals surface area contributed by atoms with Crippen molar-refractivity contribution in [1.82, 2.24) is 4.98 Å². The van der Waals surface area contributed by atoms with Crippen molar-refractivity contribution < 1.29 is 10.0 Å². The van der Waals surface area contributed by atoms with E-state index in [0.29, 0.717) is 15.5 Å². The number of aliphatic hydroxyl groups is 1. The van der Waals surface area contributed by atoms with Gasteiger partial charge in [0, 0.05) is 16.7 Å². The van der Waals surface area contributed by atoms with Crippen molar-refractivity contribution in [2.75, 3.05) is 0 Å². The number of pyridine rings is 1. The number of nitro benzene ring substituents is 1. The first-order valence-electron chi connectivity index (χ1n) is 5.73. The molecule has 1 atom stereocenters. The number of nitrogens with zero attached hydrogens (tertiary/aromatic N) is 2. The fourth-order valence-electron chi connectivity index (χ4n) is 1.56. The summed E-state index contributed by atoms with van der Waals surface area (Å²) in [5.74, 6) is 0. The van der Waals surface area contributed by atoms with Gasteiger partial charge in [0.25, 0.3) is 5.69 Å². The van der Waals surface area contributed by atoms with Gasteiger partial charge in [0.2, 0.25) is 0 Å². The summed E-state index contributed by atoms with van der Waals surface area (Å²) in [6.45, 7) is 1.57. The van der Waals surface area contributed by atoms with Crippen LogP contribution >= 0.6 is 27.7 Å². The van der Waals surface area contributed by atoms with E-state index in [1.807, 2.05) is 6.07 Å². The van der Waals surface area contributed by atoms with Crippen LogP contribution in [0.5, 0.6) is 0 Å². The van der Waals surface area contributed by atoms with Crippen molar-refractivity contribution in [3.05, 3.63) is 56.7 Å². The molecule has 0 unspecified atom stereocenters. The van der Waals surface area contributed by atoms with Gasteiger partial charge in [-0.3, -0.25) is 10.1 Å². The van der Waals surface area contributed by atoms with E-state index in [1.165, 1.54) is 17.8 Å². The molecule has 0 saturated carbocycles. The first kappa shape index (κ1) is 15.0. The number of nitro groups is 1. The Morgan fingerprint density at radius 2 is 2.15 bits per heavy atom. The van der Waals surface area contributed by atoms with Crippen LogP contribution in [0.4, 0.5) is 5.69 Å². The average molecular weight is 355 g/mol. The molecule has 0 fully saturated rings. The molecule has 7 heteroatoms. The van der Waals surface area contributed by atoms with Gasteiger partial charge in [-0.2, -0.15) is 0 Å². The lowest BCUT2D eigenvalue weighted by atomic mass is 10.1. The van der Waals surface area contributed by atoms with Crippen molar-refractivity contribution in [1.29, 1.82) is 0 Å². The van der Waals surface area contributed by atoms with Crippen LogP contribution in [0.1, 0.15) is 18.6 Å².